The summed E-state index contributed by atoms with van der Waals surface area (Å²) in [5.74, 6) is -0.606. The fourth-order valence-corrected chi connectivity index (χ4v) is 3.12. The standard InChI is InChI=1S/C16H20BrNO5/c1-22-14-3-2-12(17)8-11(14)9-15(19)18(10-16(20)21)13-4-6-23-7-5-13/h2-3,8,13H,4-7,9-10H2,1H3,(H,20,21). The Bertz CT molecular complexity index is 572. The highest BCUT2D eigenvalue weighted by atomic mass is 79.9. The number of hydrogen-bond acceptors (Lipinski definition) is 4. The number of nitrogens with zero attached hydrogens (tertiary/aromatic N) is 1. The summed E-state index contributed by atoms with van der Waals surface area (Å²) in [5, 5.41) is 9.12. The van der Waals surface area contributed by atoms with Crippen LogP contribution in [0.15, 0.2) is 22.7 Å². The molecule has 23 heavy (non-hydrogen) atoms. The first-order valence-electron chi connectivity index (χ1n) is 7.42. The van der Waals surface area contributed by atoms with E-state index in [9.17, 15) is 9.59 Å². The van der Waals surface area contributed by atoms with Gasteiger partial charge in [0.15, 0.2) is 0 Å². The summed E-state index contributed by atoms with van der Waals surface area (Å²) in [4.78, 5) is 25.3. The second-order valence-electron chi connectivity index (χ2n) is 5.39. The molecule has 0 aromatic heterocycles. The van der Waals surface area contributed by atoms with Crippen molar-refractivity contribution in [3.05, 3.63) is 28.2 Å². The fraction of sp³-hybridized carbons (Fsp3) is 0.500. The van der Waals surface area contributed by atoms with Crippen molar-refractivity contribution in [3.8, 4) is 5.75 Å². The number of hydrogen-bond donors (Lipinski definition) is 1. The van der Waals surface area contributed by atoms with Gasteiger partial charge in [-0.05, 0) is 31.0 Å². The van der Waals surface area contributed by atoms with E-state index in [1.165, 1.54) is 4.90 Å². The molecule has 1 aliphatic rings. The van der Waals surface area contributed by atoms with Gasteiger partial charge in [-0.3, -0.25) is 9.59 Å². The number of benzene rings is 1. The number of ether oxygens (including phenoxy) is 2. The van der Waals surface area contributed by atoms with Crippen LogP contribution in [-0.4, -0.2) is 54.8 Å². The van der Waals surface area contributed by atoms with Gasteiger partial charge in [0.2, 0.25) is 5.91 Å². The van der Waals surface area contributed by atoms with Gasteiger partial charge in [0.05, 0.1) is 13.5 Å². The van der Waals surface area contributed by atoms with E-state index < -0.39 is 5.97 Å². The summed E-state index contributed by atoms with van der Waals surface area (Å²) in [6.07, 6.45) is 1.43. The van der Waals surface area contributed by atoms with Crippen LogP contribution >= 0.6 is 15.9 Å². The van der Waals surface area contributed by atoms with E-state index in [0.29, 0.717) is 31.8 Å². The predicted molar refractivity (Wildman–Crippen MR) is 87.6 cm³/mol. The molecule has 0 radical (unpaired) electrons. The quantitative estimate of drug-likeness (QED) is 0.811. The minimum Gasteiger partial charge on any atom is -0.496 e. The molecule has 6 nitrogen and oxygen atoms in total. The molecule has 7 heteroatoms. The summed E-state index contributed by atoms with van der Waals surface area (Å²) in [6.45, 7) is 0.808. The third-order valence-electron chi connectivity index (χ3n) is 3.84. The summed E-state index contributed by atoms with van der Waals surface area (Å²) in [7, 11) is 1.55. The average molecular weight is 386 g/mol. The van der Waals surface area contributed by atoms with Crippen LogP contribution in [0.25, 0.3) is 0 Å². The number of carbonyl (C=O) groups excluding carboxylic acids is 1. The molecule has 1 aromatic rings. The number of carbonyl (C=O) groups is 2. The molecule has 0 unspecified atom stereocenters. The Hall–Kier alpha value is -1.60. The first-order chi connectivity index (χ1) is 11.0. The Morgan fingerprint density at radius 3 is 2.70 bits per heavy atom. The molecule has 2 rings (SSSR count). The highest BCUT2D eigenvalue weighted by Crippen LogP contribution is 2.25. The zero-order valence-electron chi connectivity index (χ0n) is 13.0. The largest absolute Gasteiger partial charge is 0.496 e. The summed E-state index contributed by atoms with van der Waals surface area (Å²) < 4.78 is 11.4. The van der Waals surface area contributed by atoms with Crippen molar-refractivity contribution in [2.24, 2.45) is 0 Å². The average Bonchev–Trinajstić information content (AvgIpc) is 2.53. The Morgan fingerprint density at radius 2 is 2.09 bits per heavy atom. The molecule has 1 aliphatic heterocycles. The molecule has 1 amide bonds. The normalized spacial score (nSPS) is 15.2. The molecule has 1 heterocycles. The van der Waals surface area contributed by atoms with Gasteiger partial charge in [0.1, 0.15) is 12.3 Å². The molecule has 1 N–H and O–H groups in total. The van der Waals surface area contributed by atoms with E-state index >= 15 is 0 Å². The lowest BCUT2D eigenvalue weighted by molar-refractivity contribution is -0.147. The number of rotatable bonds is 6. The van der Waals surface area contributed by atoms with Gasteiger partial charge in [-0.25, -0.2) is 0 Å². The lowest BCUT2D eigenvalue weighted by Crippen LogP contribution is -2.46. The van der Waals surface area contributed by atoms with Crippen molar-refractivity contribution < 1.29 is 24.2 Å². The minimum atomic E-state index is -1.01. The van der Waals surface area contributed by atoms with Crippen molar-refractivity contribution in [3.63, 3.8) is 0 Å². The molecule has 1 fully saturated rings. The predicted octanol–water partition coefficient (Wildman–Crippen LogP) is 2.09. The zero-order chi connectivity index (χ0) is 16.8. The topological polar surface area (TPSA) is 76.1 Å². The van der Waals surface area contributed by atoms with Gasteiger partial charge in [0.25, 0.3) is 0 Å². The molecule has 0 aliphatic carbocycles. The maximum atomic E-state index is 12.7. The lowest BCUT2D eigenvalue weighted by Gasteiger charge is -2.33. The van der Waals surface area contributed by atoms with E-state index in [2.05, 4.69) is 15.9 Å². The molecule has 1 aromatic carbocycles. The molecule has 0 bridgehead atoms. The zero-order valence-corrected chi connectivity index (χ0v) is 14.5. The number of carboxylic acid groups (broad SMARTS) is 1. The van der Waals surface area contributed by atoms with E-state index in [4.69, 9.17) is 14.6 Å². The SMILES string of the molecule is COc1ccc(Br)cc1CC(=O)N(CC(=O)O)C1CCOCC1. The Kier molecular flexibility index (Phi) is 6.41. The van der Waals surface area contributed by atoms with Gasteiger partial charge in [0, 0.05) is 29.3 Å². The summed E-state index contributed by atoms with van der Waals surface area (Å²) >= 11 is 3.38. The summed E-state index contributed by atoms with van der Waals surface area (Å²) in [5.41, 5.74) is 0.731. The first-order valence-corrected chi connectivity index (χ1v) is 8.22. The molecular weight excluding hydrogens is 366 g/mol. The first kappa shape index (κ1) is 17.7. The van der Waals surface area contributed by atoms with Crippen LogP contribution in [0.5, 0.6) is 5.75 Å². The number of halogens is 1. The minimum absolute atomic E-state index is 0.0921. The Balaban J connectivity index is 2.16. The Labute approximate surface area is 143 Å². The smallest absolute Gasteiger partial charge is 0.323 e. The van der Waals surface area contributed by atoms with Crippen LogP contribution in [0, 0.1) is 0 Å². The molecule has 0 saturated carbocycles. The van der Waals surface area contributed by atoms with Crippen molar-refractivity contribution in [2.45, 2.75) is 25.3 Å². The molecule has 0 spiro atoms. The van der Waals surface area contributed by atoms with Crippen molar-refractivity contribution in [1.29, 1.82) is 0 Å². The number of aliphatic carboxylic acids is 1. The van der Waals surface area contributed by atoms with Crippen LogP contribution in [0.4, 0.5) is 0 Å². The van der Waals surface area contributed by atoms with Crippen LogP contribution < -0.4 is 4.74 Å². The van der Waals surface area contributed by atoms with Crippen LogP contribution in [0.3, 0.4) is 0 Å². The second-order valence-corrected chi connectivity index (χ2v) is 6.31. The van der Waals surface area contributed by atoms with E-state index in [1.54, 1.807) is 13.2 Å². The van der Waals surface area contributed by atoms with E-state index in [1.807, 2.05) is 12.1 Å². The monoisotopic (exact) mass is 385 g/mol. The summed E-state index contributed by atoms with van der Waals surface area (Å²) in [6, 6.07) is 5.34. The fourth-order valence-electron chi connectivity index (χ4n) is 2.71. The molecular formula is C16H20BrNO5. The lowest BCUT2D eigenvalue weighted by atomic mass is 10.0. The number of amides is 1. The number of carboxylic acids is 1. The van der Waals surface area contributed by atoms with Crippen LogP contribution in [-0.2, 0) is 20.7 Å². The van der Waals surface area contributed by atoms with Crippen LogP contribution in [0.2, 0.25) is 0 Å². The maximum absolute atomic E-state index is 12.7. The van der Waals surface area contributed by atoms with Gasteiger partial charge < -0.3 is 19.5 Å². The van der Waals surface area contributed by atoms with Gasteiger partial charge in [-0.2, -0.15) is 0 Å². The Morgan fingerprint density at radius 1 is 1.39 bits per heavy atom. The van der Waals surface area contributed by atoms with E-state index in [0.717, 1.165) is 10.0 Å². The number of methoxy groups -OCH3 is 1. The van der Waals surface area contributed by atoms with Gasteiger partial charge in [-0.1, -0.05) is 15.9 Å². The molecule has 1 saturated heterocycles. The van der Waals surface area contributed by atoms with Crippen molar-refractivity contribution in [2.75, 3.05) is 26.9 Å². The third kappa shape index (κ3) is 4.94. The highest BCUT2D eigenvalue weighted by Gasteiger charge is 2.28. The van der Waals surface area contributed by atoms with Crippen molar-refractivity contribution in [1.82, 2.24) is 4.90 Å². The maximum Gasteiger partial charge on any atom is 0.323 e. The van der Waals surface area contributed by atoms with Gasteiger partial charge in [-0.15, -0.1) is 0 Å². The molecule has 126 valence electrons. The van der Waals surface area contributed by atoms with Crippen LogP contribution in [0.1, 0.15) is 18.4 Å². The van der Waals surface area contributed by atoms with E-state index in [-0.39, 0.29) is 24.9 Å². The van der Waals surface area contributed by atoms with Crippen molar-refractivity contribution >= 4 is 27.8 Å². The second kappa shape index (κ2) is 8.31. The molecule has 0 atom stereocenters. The van der Waals surface area contributed by atoms with Gasteiger partial charge >= 0.3 is 5.97 Å². The third-order valence-corrected chi connectivity index (χ3v) is 4.33. The highest BCUT2D eigenvalue weighted by molar-refractivity contribution is 9.10.